The predicted octanol–water partition coefficient (Wildman–Crippen LogP) is 13.5. The van der Waals surface area contributed by atoms with Crippen molar-refractivity contribution in [2.24, 2.45) is 0 Å². The maximum atomic E-state index is 2.38. The molecule has 1 atom stereocenters. The van der Waals surface area contributed by atoms with Crippen LogP contribution in [0.15, 0.2) is 206 Å². The van der Waals surface area contributed by atoms with Gasteiger partial charge in [0.15, 0.2) is 0 Å². The van der Waals surface area contributed by atoms with E-state index in [1.165, 1.54) is 61.2 Å². The third-order valence-electron chi connectivity index (χ3n) is 10.6. The lowest BCUT2D eigenvalue weighted by Crippen LogP contribution is -2.22. The van der Waals surface area contributed by atoms with E-state index in [4.69, 9.17) is 0 Å². The molecule has 1 heteroatoms. The summed E-state index contributed by atoms with van der Waals surface area (Å²) in [4.78, 5) is 2.35. The van der Waals surface area contributed by atoms with Crippen LogP contribution in [0, 0.1) is 0 Å². The van der Waals surface area contributed by atoms with Crippen molar-refractivity contribution in [3.8, 4) is 44.5 Å². The van der Waals surface area contributed by atoms with Crippen LogP contribution in [0.4, 0.5) is 17.1 Å². The summed E-state index contributed by atoms with van der Waals surface area (Å²) in [7, 11) is 0. The van der Waals surface area contributed by atoms with Gasteiger partial charge >= 0.3 is 0 Å². The van der Waals surface area contributed by atoms with Crippen LogP contribution in [-0.2, 0) is 5.41 Å². The highest BCUT2D eigenvalue weighted by Crippen LogP contribution is 2.55. The molecule has 8 aromatic carbocycles. The van der Waals surface area contributed by atoms with Gasteiger partial charge in [-0.3, -0.25) is 0 Å². The molecule has 9 rings (SSSR count). The van der Waals surface area contributed by atoms with Gasteiger partial charge in [0.05, 0.1) is 0 Å². The molecule has 0 heterocycles. The molecule has 0 saturated heterocycles. The van der Waals surface area contributed by atoms with Crippen LogP contribution in [0.2, 0.25) is 0 Å². The van der Waals surface area contributed by atoms with Crippen molar-refractivity contribution in [1.29, 1.82) is 0 Å². The molecule has 51 heavy (non-hydrogen) atoms. The molecule has 0 amide bonds. The molecule has 0 aromatic heterocycles. The molecule has 0 radical (unpaired) electrons. The minimum atomic E-state index is -0.224. The molecule has 0 saturated carbocycles. The maximum Gasteiger partial charge on any atom is 0.0462 e. The van der Waals surface area contributed by atoms with E-state index >= 15 is 0 Å². The number of anilines is 3. The molecule has 1 unspecified atom stereocenters. The summed E-state index contributed by atoms with van der Waals surface area (Å²) in [6.07, 6.45) is 0. The fourth-order valence-electron chi connectivity index (χ4n) is 7.97. The topological polar surface area (TPSA) is 3.24 Å². The molecular weight excluding hydrogens is 615 g/mol. The first-order chi connectivity index (χ1) is 25.2. The summed E-state index contributed by atoms with van der Waals surface area (Å²) < 4.78 is 0. The van der Waals surface area contributed by atoms with Crippen molar-refractivity contribution in [2.45, 2.75) is 12.3 Å². The molecule has 1 aliphatic rings. The number of rotatable bonds is 7. The second-order valence-electron chi connectivity index (χ2n) is 13.5. The number of benzene rings is 8. The lowest BCUT2D eigenvalue weighted by molar-refractivity contribution is 0.714. The fourth-order valence-corrected chi connectivity index (χ4v) is 7.97. The van der Waals surface area contributed by atoms with E-state index in [1.807, 2.05) is 0 Å². The SMILES string of the molecule is CC1(c2ccccc2)c2ccccc2-c2c(-c3ccc(N(c4ccc(-c5ccccc5)cc4)c4ccc(-c5ccccc5)cc4)cc3)cccc21. The van der Waals surface area contributed by atoms with Crippen LogP contribution in [0.25, 0.3) is 44.5 Å². The number of nitrogens with zero attached hydrogens (tertiary/aromatic N) is 1. The molecule has 242 valence electrons. The molecule has 1 aliphatic carbocycles. The average Bonchev–Trinajstić information content (AvgIpc) is 3.49. The van der Waals surface area contributed by atoms with Gasteiger partial charge in [0.1, 0.15) is 0 Å². The Hall–Kier alpha value is -6.44. The summed E-state index contributed by atoms with van der Waals surface area (Å²) in [5.74, 6) is 0. The van der Waals surface area contributed by atoms with Crippen LogP contribution in [0.1, 0.15) is 23.6 Å². The van der Waals surface area contributed by atoms with E-state index in [9.17, 15) is 0 Å². The zero-order valence-corrected chi connectivity index (χ0v) is 28.6. The zero-order valence-electron chi connectivity index (χ0n) is 28.6. The highest BCUT2D eigenvalue weighted by Gasteiger charge is 2.41. The fraction of sp³-hybridized carbons (Fsp3) is 0.0400. The Bertz CT molecular complexity index is 2350. The minimum absolute atomic E-state index is 0.224. The molecule has 0 aliphatic heterocycles. The molecule has 0 bridgehead atoms. The van der Waals surface area contributed by atoms with E-state index < -0.39 is 0 Å². The van der Waals surface area contributed by atoms with Gasteiger partial charge in [-0.1, -0.05) is 170 Å². The Morgan fingerprint density at radius 1 is 0.314 bits per heavy atom. The van der Waals surface area contributed by atoms with E-state index in [1.54, 1.807) is 0 Å². The standard InChI is InChI=1S/C50H37N/c1-50(41-18-9-4-10-19-41)47-22-12-11-20-46(47)49-45(21-13-23-48(49)50)40-28-34-44(35-29-40)51(42-30-24-38(25-31-42)36-14-5-2-6-15-36)43-32-26-39(27-33-43)37-16-7-3-8-17-37/h2-35H,1H3. The van der Waals surface area contributed by atoms with E-state index in [-0.39, 0.29) is 5.41 Å². The van der Waals surface area contributed by atoms with Gasteiger partial charge in [-0.15, -0.1) is 0 Å². The average molecular weight is 652 g/mol. The Morgan fingerprint density at radius 2 is 0.706 bits per heavy atom. The summed E-state index contributed by atoms with van der Waals surface area (Å²) in [6, 6.07) is 74.7. The largest absolute Gasteiger partial charge is 0.311 e. The van der Waals surface area contributed by atoms with Crippen molar-refractivity contribution in [3.63, 3.8) is 0 Å². The van der Waals surface area contributed by atoms with Gasteiger partial charge < -0.3 is 4.90 Å². The lowest BCUT2D eigenvalue weighted by Gasteiger charge is -2.28. The van der Waals surface area contributed by atoms with Crippen molar-refractivity contribution >= 4 is 17.1 Å². The van der Waals surface area contributed by atoms with Gasteiger partial charge in [0, 0.05) is 22.5 Å². The Balaban J connectivity index is 1.13. The summed E-state index contributed by atoms with van der Waals surface area (Å²) in [6.45, 7) is 2.38. The molecule has 0 spiro atoms. The summed E-state index contributed by atoms with van der Waals surface area (Å²) in [5, 5.41) is 0. The first-order valence-electron chi connectivity index (χ1n) is 17.7. The van der Waals surface area contributed by atoms with Gasteiger partial charge in [-0.05, 0) is 105 Å². The maximum absolute atomic E-state index is 2.38. The molecular formula is C50H37N. The second kappa shape index (κ2) is 12.8. The van der Waals surface area contributed by atoms with Gasteiger partial charge in [-0.25, -0.2) is 0 Å². The van der Waals surface area contributed by atoms with Crippen LogP contribution >= 0.6 is 0 Å². The van der Waals surface area contributed by atoms with E-state index in [0.29, 0.717) is 0 Å². The van der Waals surface area contributed by atoms with Crippen LogP contribution in [0.5, 0.6) is 0 Å². The first kappa shape index (κ1) is 30.6. The lowest BCUT2D eigenvalue weighted by atomic mass is 9.74. The Morgan fingerprint density at radius 3 is 1.24 bits per heavy atom. The Labute approximate surface area is 300 Å². The van der Waals surface area contributed by atoms with Crippen LogP contribution in [-0.4, -0.2) is 0 Å². The normalized spacial score (nSPS) is 14.5. The smallest absolute Gasteiger partial charge is 0.0462 e. The van der Waals surface area contributed by atoms with Crippen molar-refractivity contribution in [2.75, 3.05) is 4.90 Å². The zero-order chi connectivity index (χ0) is 34.2. The van der Waals surface area contributed by atoms with E-state index in [2.05, 4.69) is 218 Å². The highest BCUT2D eigenvalue weighted by atomic mass is 15.1. The van der Waals surface area contributed by atoms with Gasteiger partial charge in [0.2, 0.25) is 0 Å². The molecule has 0 fully saturated rings. The predicted molar refractivity (Wildman–Crippen MR) is 215 cm³/mol. The summed E-state index contributed by atoms with van der Waals surface area (Å²) in [5.41, 5.74) is 17.1. The third kappa shape index (κ3) is 5.35. The summed E-state index contributed by atoms with van der Waals surface area (Å²) >= 11 is 0. The van der Waals surface area contributed by atoms with Crippen molar-refractivity contribution < 1.29 is 0 Å². The third-order valence-corrected chi connectivity index (χ3v) is 10.6. The first-order valence-corrected chi connectivity index (χ1v) is 17.7. The van der Waals surface area contributed by atoms with Crippen molar-refractivity contribution in [1.82, 2.24) is 0 Å². The van der Waals surface area contributed by atoms with Crippen molar-refractivity contribution in [3.05, 3.63) is 223 Å². The highest BCUT2D eigenvalue weighted by molar-refractivity contribution is 5.94. The van der Waals surface area contributed by atoms with Crippen LogP contribution in [0.3, 0.4) is 0 Å². The monoisotopic (exact) mass is 651 g/mol. The number of fused-ring (bicyclic) bond motifs is 3. The Kier molecular flexibility index (Phi) is 7.67. The quantitative estimate of drug-likeness (QED) is 0.166. The van der Waals surface area contributed by atoms with Gasteiger partial charge in [-0.2, -0.15) is 0 Å². The van der Waals surface area contributed by atoms with E-state index in [0.717, 1.165) is 17.1 Å². The number of hydrogen-bond donors (Lipinski definition) is 0. The minimum Gasteiger partial charge on any atom is -0.311 e. The molecule has 8 aromatic rings. The van der Waals surface area contributed by atoms with Gasteiger partial charge in [0.25, 0.3) is 0 Å². The molecule has 1 nitrogen and oxygen atoms in total. The van der Waals surface area contributed by atoms with Crippen LogP contribution < -0.4 is 4.90 Å². The molecule has 0 N–H and O–H groups in total. The second-order valence-corrected chi connectivity index (χ2v) is 13.5. The number of hydrogen-bond acceptors (Lipinski definition) is 1.